The molecular formula is C27H22BrClN2O5. The second kappa shape index (κ2) is 12.8. The van der Waals surface area contributed by atoms with Crippen molar-refractivity contribution in [2.24, 2.45) is 0 Å². The normalized spacial score (nSPS) is 10.8. The summed E-state index contributed by atoms with van der Waals surface area (Å²) in [6.45, 7) is 2.29. The molecule has 1 N–H and O–H groups in total. The minimum Gasteiger partial charge on any atom is -0.493 e. The number of halogens is 2. The second-order valence-corrected chi connectivity index (χ2v) is 8.65. The summed E-state index contributed by atoms with van der Waals surface area (Å²) >= 11 is 9.39. The second-order valence-electron chi connectivity index (χ2n) is 7.36. The van der Waals surface area contributed by atoms with Crippen molar-refractivity contribution in [3.05, 3.63) is 92.4 Å². The molecule has 0 saturated carbocycles. The lowest BCUT2D eigenvalue weighted by Gasteiger charge is -2.13. The Morgan fingerprint density at radius 2 is 1.78 bits per heavy atom. The Bertz CT molecular complexity index is 1320. The zero-order valence-electron chi connectivity index (χ0n) is 19.5. The third kappa shape index (κ3) is 7.11. The van der Waals surface area contributed by atoms with E-state index in [1.54, 1.807) is 43.3 Å². The number of methoxy groups -OCH3 is 1. The van der Waals surface area contributed by atoms with Crippen molar-refractivity contribution in [2.75, 3.05) is 19.0 Å². The van der Waals surface area contributed by atoms with Gasteiger partial charge >= 0.3 is 5.97 Å². The molecule has 3 rings (SSSR count). The van der Waals surface area contributed by atoms with Crippen molar-refractivity contribution in [1.82, 2.24) is 0 Å². The average Bonchev–Trinajstić information content (AvgIpc) is 2.88. The minimum atomic E-state index is -0.602. The van der Waals surface area contributed by atoms with Crippen LogP contribution < -0.4 is 14.8 Å². The number of ether oxygens (including phenoxy) is 3. The minimum absolute atomic E-state index is 0.123. The molecule has 0 heterocycles. The quantitative estimate of drug-likeness (QED) is 0.182. The number of anilines is 1. The van der Waals surface area contributed by atoms with Gasteiger partial charge in [-0.3, -0.25) is 4.79 Å². The van der Waals surface area contributed by atoms with E-state index in [0.717, 1.165) is 5.56 Å². The van der Waals surface area contributed by atoms with E-state index in [9.17, 15) is 14.9 Å². The standard InChI is InChI=1S/C27H22BrClN2O5/c1-3-35-27(33)18-6-10-22(11-7-18)31-26(32)20(15-30)12-19-13-24(34-2)25(14-23(19)28)36-16-17-4-8-21(29)9-5-17/h4-14H,3,16H2,1-2H3,(H,31,32)/b20-12+. The van der Waals surface area contributed by atoms with Crippen LogP contribution in [0.3, 0.4) is 0 Å². The van der Waals surface area contributed by atoms with E-state index in [4.69, 9.17) is 25.8 Å². The molecule has 1 amide bonds. The molecular weight excluding hydrogens is 548 g/mol. The lowest BCUT2D eigenvalue weighted by atomic mass is 10.1. The number of hydrogen-bond donors (Lipinski definition) is 1. The zero-order chi connectivity index (χ0) is 26.1. The number of hydrogen-bond acceptors (Lipinski definition) is 6. The number of nitrogens with zero attached hydrogens (tertiary/aromatic N) is 1. The molecule has 0 atom stereocenters. The van der Waals surface area contributed by atoms with Gasteiger partial charge in [0, 0.05) is 15.2 Å². The van der Waals surface area contributed by atoms with Crippen molar-refractivity contribution in [3.8, 4) is 17.6 Å². The highest BCUT2D eigenvalue weighted by atomic mass is 79.9. The molecule has 3 aromatic carbocycles. The molecule has 184 valence electrons. The lowest BCUT2D eigenvalue weighted by Crippen LogP contribution is -2.13. The molecule has 0 radical (unpaired) electrons. The molecule has 0 aliphatic rings. The molecule has 0 bridgehead atoms. The first kappa shape index (κ1) is 26.8. The molecule has 7 nitrogen and oxygen atoms in total. The maximum atomic E-state index is 12.7. The van der Waals surface area contributed by atoms with Crippen molar-refractivity contribution < 1.29 is 23.8 Å². The van der Waals surface area contributed by atoms with Gasteiger partial charge in [0.25, 0.3) is 5.91 Å². The van der Waals surface area contributed by atoms with Gasteiger partial charge in [-0.15, -0.1) is 0 Å². The number of amides is 1. The van der Waals surface area contributed by atoms with Crippen LogP contribution >= 0.6 is 27.5 Å². The Hall–Kier alpha value is -3.80. The third-order valence-corrected chi connectivity index (χ3v) is 5.85. The monoisotopic (exact) mass is 568 g/mol. The maximum Gasteiger partial charge on any atom is 0.338 e. The lowest BCUT2D eigenvalue weighted by molar-refractivity contribution is -0.112. The topological polar surface area (TPSA) is 97.7 Å². The molecule has 0 aliphatic heterocycles. The summed E-state index contributed by atoms with van der Waals surface area (Å²) in [7, 11) is 1.50. The largest absolute Gasteiger partial charge is 0.493 e. The summed E-state index contributed by atoms with van der Waals surface area (Å²) in [6, 6.07) is 18.8. The van der Waals surface area contributed by atoms with E-state index in [1.807, 2.05) is 18.2 Å². The Morgan fingerprint density at radius 1 is 1.08 bits per heavy atom. The molecule has 0 spiro atoms. The van der Waals surface area contributed by atoms with Crippen molar-refractivity contribution in [1.29, 1.82) is 5.26 Å². The van der Waals surface area contributed by atoms with E-state index in [2.05, 4.69) is 21.2 Å². The van der Waals surface area contributed by atoms with Crippen molar-refractivity contribution in [2.45, 2.75) is 13.5 Å². The number of esters is 1. The summed E-state index contributed by atoms with van der Waals surface area (Å²) in [4.78, 5) is 24.5. The first-order chi connectivity index (χ1) is 17.3. The number of rotatable bonds is 9. The fraction of sp³-hybridized carbons (Fsp3) is 0.148. The van der Waals surface area contributed by atoms with E-state index >= 15 is 0 Å². The Kier molecular flexibility index (Phi) is 9.51. The molecule has 0 saturated heterocycles. The average molecular weight is 570 g/mol. The van der Waals surface area contributed by atoms with Crippen LogP contribution in [-0.4, -0.2) is 25.6 Å². The van der Waals surface area contributed by atoms with Gasteiger partial charge in [-0.05, 0) is 72.7 Å². The van der Waals surface area contributed by atoms with E-state index in [-0.39, 0.29) is 12.2 Å². The highest BCUT2D eigenvalue weighted by Crippen LogP contribution is 2.35. The molecule has 36 heavy (non-hydrogen) atoms. The first-order valence-corrected chi connectivity index (χ1v) is 12.0. The predicted molar refractivity (Wildman–Crippen MR) is 141 cm³/mol. The Balaban J connectivity index is 1.76. The van der Waals surface area contributed by atoms with Crippen LogP contribution in [0.2, 0.25) is 5.02 Å². The van der Waals surface area contributed by atoms with Gasteiger partial charge in [0.2, 0.25) is 0 Å². The van der Waals surface area contributed by atoms with E-state index < -0.39 is 11.9 Å². The zero-order valence-corrected chi connectivity index (χ0v) is 21.9. The number of benzene rings is 3. The molecule has 0 unspecified atom stereocenters. The molecule has 0 aliphatic carbocycles. The van der Waals surface area contributed by atoms with E-state index in [0.29, 0.717) is 44.4 Å². The number of nitriles is 1. The molecule has 0 aromatic heterocycles. The van der Waals surface area contributed by atoms with Crippen molar-refractivity contribution in [3.63, 3.8) is 0 Å². The fourth-order valence-corrected chi connectivity index (χ4v) is 3.64. The highest BCUT2D eigenvalue weighted by molar-refractivity contribution is 9.10. The fourth-order valence-electron chi connectivity index (χ4n) is 3.08. The Labute approximate surface area is 222 Å². The van der Waals surface area contributed by atoms with Gasteiger partial charge in [0.1, 0.15) is 18.2 Å². The summed E-state index contributed by atoms with van der Waals surface area (Å²) < 4.78 is 16.9. The van der Waals surface area contributed by atoms with Gasteiger partial charge in [0.15, 0.2) is 11.5 Å². The van der Waals surface area contributed by atoms with Crippen molar-refractivity contribution >= 4 is 51.2 Å². The summed E-state index contributed by atoms with van der Waals surface area (Å²) in [5, 5.41) is 12.9. The van der Waals surface area contributed by atoms with Gasteiger partial charge in [-0.2, -0.15) is 5.26 Å². The van der Waals surface area contributed by atoms with Crippen LogP contribution in [0, 0.1) is 11.3 Å². The summed E-state index contributed by atoms with van der Waals surface area (Å²) in [5.74, 6) is -0.130. The number of carbonyl (C=O) groups is 2. The van der Waals surface area contributed by atoms with Gasteiger partial charge in [-0.25, -0.2) is 4.79 Å². The number of carbonyl (C=O) groups excluding carboxylic acids is 2. The Morgan fingerprint density at radius 3 is 2.39 bits per heavy atom. The van der Waals surface area contributed by atoms with Crippen LogP contribution in [0.1, 0.15) is 28.4 Å². The van der Waals surface area contributed by atoms with Crippen LogP contribution in [0.25, 0.3) is 6.08 Å². The molecule has 9 heteroatoms. The SMILES string of the molecule is CCOC(=O)c1ccc(NC(=O)/C(C#N)=C/c2cc(OC)c(OCc3ccc(Cl)cc3)cc2Br)cc1. The summed E-state index contributed by atoms with van der Waals surface area (Å²) in [6.07, 6.45) is 1.44. The van der Waals surface area contributed by atoms with Crippen LogP contribution in [0.4, 0.5) is 5.69 Å². The summed E-state index contributed by atoms with van der Waals surface area (Å²) in [5.41, 5.74) is 2.15. The maximum absolute atomic E-state index is 12.7. The van der Waals surface area contributed by atoms with Gasteiger partial charge < -0.3 is 19.5 Å². The van der Waals surface area contributed by atoms with E-state index in [1.165, 1.54) is 25.3 Å². The van der Waals surface area contributed by atoms with Gasteiger partial charge in [-0.1, -0.05) is 39.7 Å². The molecule has 3 aromatic rings. The van der Waals surface area contributed by atoms with Crippen LogP contribution in [-0.2, 0) is 16.1 Å². The molecule has 0 fully saturated rings. The smallest absolute Gasteiger partial charge is 0.338 e. The first-order valence-electron chi connectivity index (χ1n) is 10.8. The highest BCUT2D eigenvalue weighted by Gasteiger charge is 2.15. The van der Waals surface area contributed by atoms with Gasteiger partial charge in [0.05, 0.1) is 19.3 Å². The predicted octanol–water partition coefficient (Wildman–Crippen LogP) is 6.41. The van der Waals surface area contributed by atoms with Crippen LogP contribution in [0.15, 0.2) is 70.7 Å². The van der Waals surface area contributed by atoms with Crippen LogP contribution in [0.5, 0.6) is 11.5 Å². The number of nitrogens with one attached hydrogen (secondary N) is 1. The third-order valence-electron chi connectivity index (χ3n) is 4.91.